The molecule has 3 nitrogen and oxygen atoms in total. The molecule has 0 aromatic rings. The Morgan fingerprint density at radius 1 is 1.13 bits per heavy atom. The smallest absolute Gasteiger partial charge is 0.306 e. The van der Waals surface area contributed by atoms with E-state index in [2.05, 4.69) is 0 Å². The Hall–Kier alpha value is -0.510. The summed E-state index contributed by atoms with van der Waals surface area (Å²) >= 11 is 0. The number of ether oxygens (including phenoxy) is 1. The lowest BCUT2D eigenvalue weighted by molar-refractivity contribution is -0.142. The van der Waals surface area contributed by atoms with Crippen molar-refractivity contribution >= 4 is 21.1 Å². The Balaban J connectivity index is 4.03. The van der Waals surface area contributed by atoms with Crippen molar-refractivity contribution in [2.24, 2.45) is 0 Å². The van der Waals surface area contributed by atoms with Crippen LogP contribution in [0.2, 0.25) is 0 Å². The van der Waals surface area contributed by atoms with Crippen molar-refractivity contribution in [1.82, 2.24) is 0 Å². The fraction of sp³-hybridized carbons (Fsp3) is 0.818. The van der Waals surface area contributed by atoms with Gasteiger partial charge < -0.3 is 4.74 Å². The molecule has 0 aliphatic rings. The van der Waals surface area contributed by atoms with Gasteiger partial charge in [0.25, 0.3) is 0 Å². The predicted octanol–water partition coefficient (Wildman–Crippen LogP) is 2.33. The summed E-state index contributed by atoms with van der Waals surface area (Å²) in [5.41, 5.74) is 0. The van der Waals surface area contributed by atoms with Crippen LogP contribution < -0.4 is 0 Å². The molecule has 0 fully saturated rings. The molecule has 0 unspecified atom stereocenters. The van der Waals surface area contributed by atoms with E-state index in [0.717, 1.165) is 6.42 Å². The maximum atomic E-state index is 11.7. The van der Waals surface area contributed by atoms with Crippen molar-refractivity contribution in [2.45, 2.75) is 33.1 Å². The van der Waals surface area contributed by atoms with Gasteiger partial charge in [-0.25, -0.2) is 0 Å². The quantitative estimate of drug-likeness (QED) is 0.662. The molecular weight excluding hydrogens is 212 g/mol. The first-order valence-corrected chi connectivity index (χ1v) is 7.95. The summed E-state index contributed by atoms with van der Waals surface area (Å²) in [6.07, 6.45) is 5.83. The minimum atomic E-state index is -1.28. The molecule has 0 aliphatic heterocycles. The molecule has 0 aromatic heterocycles. The van der Waals surface area contributed by atoms with Gasteiger partial charge in [0, 0.05) is 6.42 Å². The van der Waals surface area contributed by atoms with Crippen LogP contribution >= 0.6 is 10.0 Å². The van der Waals surface area contributed by atoms with Crippen molar-refractivity contribution in [2.75, 3.05) is 24.9 Å². The number of carbonyl (C=O) groups excluding carboxylic acids is 2. The molecular formula is C11H22O3S. The maximum absolute atomic E-state index is 11.7. The minimum absolute atomic E-state index is 0.192. The molecule has 0 N–H and O–H groups in total. The summed E-state index contributed by atoms with van der Waals surface area (Å²) in [6, 6.07) is 0. The third-order valence-corrected chi connectivity index (χ3v) is 4.85. The van der Waals surface area contributed by atoms with E-state index in [1.807, 2.05) is 19.4 Å². The second kappa shape index (κ2) is 6.88. The summed E-state index contributed by atoms with van der Waals surface area (Å²) in [5.74, 6) is 0.465. The summed E-state index contributed by atoms with van der Waals surface area (Å²) in [5, 5.41) is 0.314. The van der Waals surface area contributed by atoms with Gasteiger partial charge in [-0.3, -0.25) is 9.59 Å². The second-order valence-electron chi connectivity index (χ2n) is 3.92. The van der Waals surface area contributed by atoms with E-state index in [0.29, 0.717) is 30.3 Å². The topological polar surface area (TPSA) is 43.4 Å². The number of rotatable bonds is 6. The Morgan fingerprint density at radius 3 is 2.20 bits per heavy atom. The van der Waals surface area contributed by atoms with Gasteiger partial charge in [-0.15, -0.1) is 0 Å². The third kappa shape index (κ3) is 5.82. The van der Waals surface area contributed by atoms with Crippen LogP contribution in [0.1, 0.15) is 33.1 Å². The minimum Gasteiger partial charge on any atom is -0.466 e. The number of hydrogen-bond donors (Lipinski definition) is 0. The zero-order valence-electron chi connectivity index (χ0n) is 10.2. The van der Waals surface area contributed by atoms with Gasteiger partial charge in [0.2, 0.25) is 0 Å². The molecule has 4 heteroatoms. The zero-order chi connectivity index (χ0) is 11.9. The van der Waals surface area contributed by atoms with E-state index in [1.165, 1.54) is 0 Å². The molecule has 0 bridgehead atoms. The number of hydrogen-bond acceptors (Lipinski definition) is 3. The van der Waals surface area contributed by atoms with Crippen LogP contribution in [0.5, 0.6) is 0 Å². The van der Waals surface area contributed by atoms with Gasteiger partial charge in [-0.05, 0) is 31.6 Å². The zero-order valence-corrected chi connectivity index (χ0v) is 11.0. The fourth-order valence-corrected chi connectivity index (χ4v) is 2.83. The Labute approximate surface area is 93.9 Å². The molecule has 0 aliphatic carbocycles. The molecule has 15 heavy (non-hydrogen) atoms. The van der Waals surface area contributed by atoms with Crippen LogP contribution in [-0.4, -0.2) is 36.0 Å². The standard InChI is InChI=1S/C11H22O3S/c1-5-7-11(13)15(3,4)9-8-10(12)14-6-2/h5-9H2,1-4H3. The first-order valence-electron chi connectivity index (χ1n) is 5.33. The maximum Gasteiger partial charge on any atom is 0.306 e. The van der Waals surface area contributed by atoms with E-state index in [9.17, 15) is 9.59 Å². The van der Waals surface area contributed by atoms with E-state index in [-0.39, 0.29) is 5.97 Å². The highest BCUT2D eigenvalue weighted by Crippen LogP contribution is 2.42. The van der Waals surface area contributed by atoms with Crippen LogP contribution in [0.3, 0.4) is 0 Å². The van der Waals surface area contributed by atoms with Crippen molar-refractivity contribution in [3.05, 3.63) is 0 Å². The van der Waals surface area contributed by atoms with E-state index < -0.39 is 10.0 Å². The lowest BCUT2D eigenvalue weighted by atomic mass is 10.4. The molecule has 0 atom stereocenters. The average molecular weight is 234 g/mol. The van der Waals surface area contributed by atoms with Crippen LogP contribution in [0.4, 0.5) is 0 Å². The van der Waals surface area contributed by atoms with E-state index in [4.69, 9.17) is 4.74 Å². The second-order valence-corrected chi connectivity index (χ2v) is 7.86. The van der Waals surface area contributed by atoms with Crippen LogP contribution in [0.25, 0.3) is 0 Å². The molecule has 0 spiro atoms. The first kappa shape index (κ1) is 14.5. The highest BCUT2D eigenvalue weighted by Gasteiger charge is 2.21. The lowest BCUT2D eigenvalue weighted by Crippen LogP contribution is -2.16. The normalized spacial score (nSPS) is 12.3. The highest BCUT2D eigenvalue weighted by molar-refractivity contribution is 8.44. The van der Waals surface area contributed by atoms with Crippen molar-refractivity contribution in [3.63, 3.8) is 0 Å². The van der Waals surface area contributed by atoms with E-state index in [1.54, 1.807) is 6.92 Å². The molecule has 0 aromatic carbocycles. The highest BCUT2D eigenvalue weighted by atomic mass is 32.3. The molecule has 0 saturated carbocycles. The molecule has 0 radical (unpaired) electrons. The molecule has 0 heterocycles. The van der Waals surface area contributed by atoms with Crippen LogP contribution in [0, 0.1) is 0 Å². The average Bonchev–Trinajstić information content (AvgIpc) is 2.16. The Bertz CT molecular complexity index is 224. The van der Waals surface area contributed by atoms with Gasteiger partial charge in [0.05, 0.1) is 13.0 Å². The lowest BCUT2D eigenvalue weighted by Gasteiger charge is -2.28. The Morgan fingerprint density at radius 2 is 1.73 bits per heavy atom. The first-order chi connectivity index (χ1) is 6.94. The summed E-state index contributed by atoms with van der Waals surface area (Å²) in [7, 11) is -1.28. The Kier molecular flexibility index (Phi) is 6.65. The van der Waals surface area contributed by atoms with E-state index >= 15 is 0 Å². The molecule has 0 saturated heterocycles. The van der Waals surface area contributed by atoms with Gasteiger partial charge in [0.15, 0.2) is 5.12 Å². The number of esters is 1. The largest absolute Gasteiger partial charge is 0.466 e. The third-order valence-electron chi connectivity index (χ3n) is 2.19. The fourth-order valence-electron chi connectivity index (χ4n) is 1.17. The predicted molar refractivity (Wildman–Crippen MR) is 65.5 cm³/mol. The van der Waals surface area contributed by atoms with Crippen molar-refractivity contribution in [1.29, 1.82) is 0 Å². The van der Waals surface area contributed by atoms with Gasteiger partial charge in [-0.2, -0.15) is 10.0 Å². The molecule has 0 amide bonds. The SMILES string of the molecule is CCCC(=O)S(C)(C)CCC(=O)OCC. The summed E-state index contributed by atoms with van der Waals surface area (Å²) in [6.45, 7) is 4.20. The van der Waals surface area contributed by atoms with Crippen LogP contribution in [0.15, 0.2) is 0 Å². The summed E-state index contributed by atoms with van der Waals surface area (Å²) in [4.78, 5) is 22.9. The van der Waals surface area contributed by atoms with Crippen molar-refractivity contribution < 1.29 is 14.3 Å². The molecule has 90 valence electrons. The van der Waals surface area contributed by atoms with Gasteiger partial charge in [0.1, 0.15) is 0 Å². The van der Waals surface area contributed by atoms with Crippen molar-refractivity contribution in [3.8, 4) is 0 Å². The van der Waals surface area contributed by atoms with Gasteiger partial charge >= 0.3 is 5.97 Å². The number of carbonyl (C=O) groups is 2. The summed E-state index contributed by atoms with van der Waals surface area (Å²) < 4.78 is 4.84. The monoisotopic (exact) mass is 234 g/mol. The molecule has 0 rings (SSSR count). The van der Waals surface area contributed by atoms with Crippen LogP contribution in [-0.2, 0) is 14.3 Å². The van der Waals surface area contributed by atoms with Gasteiger partial charge in [-0.1, -0.05) is 6.92 Å².